The van der Waals surface area contributed by atoms with E-state index in [1.807, 2.05) is 28.8 Å². The van der Waals surface area contributed by atoms with Crippen LogP contribution in [-0.2, 0) is 45.6 Å². The number of carbonyl (C=O) groups is 1. The fraction of sp³-hybridized carbons (Fsp3) is 0.414. The van der Waals surface area contributed by atoms with Gasteiger partial charge in [0.1, 0.15) is 12.4 Å². The van der Waals surface area contributed by atoms with Crippen molar-refractivity contribution < 1.29 is 9.90 Å². The maximum absolute atomic E-state index is 13.0. The number of aryl methyl sites for hydroxylation is 2. The Hall–Kier alpha value is -4.80. The Labute approximate surface area is 266 Å². The molecule has 0 bridgehead atoms. The number of hydrogen-bond acceptors (Lipinski definition) is 9. The number of aliphatic carboxylic acids is 1. The van der Waals surface area contributed by atoms with Gasteiger partial charge in [-0.2, -0.15) is 0 Å². The number of benzene rings is 1. The third kappa shape index (κ3) is 6.31. The zero-order valence-corrected chi connectivity index (χ0v) is 26.7. The first-order valence-electron chi connectivity index (χ1n) is 14.6. The van der Waals surface area contributed by atoms with Gasteiger partial charge in [0.2, 0.25) is 0 Å². The highest BCUT2D eigenvalue weighted by molar-refractivity contribution is 6.31. The predicted octanol–water partition coefficient (Wildman–Crippen LogP) is -0.219. The maximum Gasteiger partial charge on any atom is 0.332 e. The lowest BCUT2D eigenvalue weighted by molar-refractivity contribution is -0.137. The molecule has 0 aliphatic carbocycles. The second-order valence-electron chi connectivity index (χ2n) is 11.1. The molecule has 1 aliphatic heterocycles. The van der Waals surface area contributed by atoms with Crippen molar-refractivity contribution in [3.05, 3.63) is 88.7 Å². The number of nitrogens with one attached hydrogen (secondary N) is 1. The van der Waals surface area contributed by atoms with Gasteiger partial charge in [0, 0.05) is 52.3 Å². The average Bonchev–Trinajstić information content (AvgIpc) is 3.61. The summed E-state index contributed by atoms with van der Waals surface area (Å²) in [4.78, 5) is 74.1. The Bertz CT molecular complexity index is 2160. The summed E-state index contributed by atoms with van der Waals surface area (Å²) < 4.78 is 6.82. The van der Waals surface area contributed by atoms with Crippen LogP contribution in [0.5, 0.6) is 0 Å². The lowest BCUT2D eigenvalue weighted by Gasteiger charge is -2.33. The highest BCUT2D eigenvalue weighted by Gasteiger charge is 2.23. The quantitative estimate of drug-likeness (QED) is 0.238. The molecule has 1 aromatic carbocycles. The molecule has 0 saturated carbocycles. The molecule has 46 heavy (non-hydrogen) atoms. The molecule has 0 atom stereocenters. The van der Waals surface area contributed by atoms with E-state index >= 15 is 0 Å². The molecule has 0 unspecified atom stereocenters. The number of hydrogen-bond donors (Lipinski definition) is 2. The molecule has 5 heterocycles. The molecule has 1 saturated heterocycles. The molecule has 16 nitrogen and oxygen atoms in total. The minimum absolute atomic E-state index is 0.0736. The van der Waals surface area contributed by atoms with E-state index in [4.69, 9.17) is 21.7 Å². The number of aromatic nitrogens is 8. The highest BCUT2D eigenvalue weighted by Crippen LogP contribution is 2.21. The van der Waals surface area contributed by atoms with Gasteiger partial charge in [0.15, 0.2) is 22.3 Å². The molecule has 1 aliphatic rings. The van der Waals surface area contributed by atoms with E-state index in [9.17, 15) is 24.0 Å². The van der Waals surface area contributed by atoms with Gasteiger partial charge in [-0.15, -0.1) is 0 Å². The van der Waals surface area contributed by atoms with Crippen LogP contribution in [0.25, 0.3) is 22.3 Å². The topological polar surface area (TPSA) is 178 Å². The van der Waals surface area contributed by atoms with Crippen molar-refractivity contribution in [2.45, 2.75) is 26.6 Å². The monoisotopic (exact) mass is 654 g/mol. The molecule has 2 N–H and O–H groups in total. The summed E-state index contributed by atoms with van der Waals surface area (Å²) in [7, 11) is 4.60. The van der Waals surface area contributed by atoms with Gasteiger partial charge in [-0.1, -0.05) is 36.7 Å². The number of nitrogens with zero attached hydrogens (tertiary/aromatic N) is 9. The Morgan fingerprint density at radius 1 is 0.913 bits per heavy atom. The summed E-state index contributed by atoms with van der Waals surface area (Å²) in [5, 5.41) is 9.27. The van der Waals surface area contributed by atoms with Gasteiger partial charge in [-0.3, -0.25) is 38.0 Å². The van der Waals surface area contributed by atoms with E-state index in [1.54, 1.807) is 7.05 Å². The summed E-state index contributed by atoms with van der Waals surface area (Å²) in [6.07, 6.45) is 1.22. The molecule has 244 valence electrons. The van der Waals surface area contributed by atoms with Crippen LogP contribution in [-0.4, -0.2) is 91.4 Å². The van der Waals surface area contributed by atoms with E-state index in [0.29, 0.717) is 29.3 Å². The van der Waals surface area contributed by atoms with Crippen LogP contribution in [0.2, 0.25) is 5.02 Å². The van der Waals surface area contributed by atoms with Gasteiger partial charge in [0.25, 0.3) is 11.1 Å². The van der Waals surface area contributed by atoms with Crippen LogP contribution >= 0.6 is 11.6 Å². The van der Waals surface area contributed by atoms with E-state index in [-0.39, 0.29) is 29.0 Å². The summed E-state index contributed by atoms with van der Waals surface area (Å²) in [6, 6.07) is 7.60. The van der Waals surface area contributed by atoms with Gasteiger partial charge < -0.3 is 19.1 Å². The number of carboxylic acid groups (broad SMARTS) is 1. The summed E-state index contributed by atoms with van der Waals surface area (Å²) in [6.45, 7) is 7.81. The first-order chi connectivity index (χ1) is 21.9. The molecule has 0 radical (unpaired) electrons. The van der Waals surface area contributed by atoms with Crippen molar-refractivity contribution in [3.63, 3.8) is 0 Å². The van der Waals surface area contributed by atoms with Crippen molar-refractivity contribution in [2.24, 2.45) is 21.1 Å². The van der Waals surface area contributed by atoms with Crippen LogP contribution in [0.1, 0.15) is 18.3 Å². The Balaban J connectivity index is 0.000000219. The third-order valence-corrected chi connectivity index (χ3v) is 8.54. The number of carboxylic acids is 1. The number of halogens is 1. The van der Waals surface area contributed by atoms with E-state index in [2.05, 4.69) is 26.7 Å². The molecule has 5 aromatic rings. The number of aromatic amines is 1. The number of fused-ring (bicyclic) bond motifs is 2. The number of H-pyrrole nitrogens is 1. The largest absolute Gasteiger partial charge is 0.480 e. The summed E-state index contributed by atoms with van der Waals surface area (Å²) >= 11 is 6.41. The molecule has 4 aromatic heterocycles. The lowest BCUT2D eigenvalue weighted by atomic mass is 10.2. The lowest BCUT2D eigenvalue weighted by Crippen LogP contribution is -2.45. The molecule has 6 rings (SSSR count). The van der Waals surface area contributed by atoms with Crippen LogP contribution < -0.4 is 22.5 Å². The molecular weight excluding hydrogens is 620 g/mol. The highest BCUT2D eigenvalue weighted by atomic mass is 35.5. The number of likely N-dealkylation sites (N-methyl/N-ethyl adjacent to an activating group) is 1. The third-order valence-electron chi connectivity index (χ3n) is 8.17. The van der Waals surface area contributed by atoms with Gasteiger partial charge in [0.05, 0.1) is 19.4 Å². The van der Waals surface area contributed by atoms with Gasteiger partial charge in [-0.25, -0.2) is 19.6 Å². The Morgan fingerprint density at radius 2 is 1.59 bits per heavy atom. The molecule has 0 amide bonds. The normalized spacial score (nSPS) is 14.1. The molecule has 17 heteroatoms. The van der Waals surface area contributed by atoms with Crippen LogP contribution in [0, 0.1) is 0 Å². The van der Waals surface area contributed by atoms with Crippen molar-refractivity contribution in [1.29, 1.82) is 0 Å². The second-order valence-corrected chi connectivity index (χ2v) is 11.5. The summed E-state index contributed by atoms with van der Waals surface area (Å²) in [5.74, 6) is -0.319. The standard InChI is InChI=1S/C21H27ClN6O2.C8H8N4O4/c1-4-26-9-11-27(12-10-26)14-17-23-19-18(20(29)25(3)21(30)24(19)2)28(17)13-15-7-5-6-8-16(15)22;1-11-6-5(7(15)10-8(11)16)12(3-9-6)2-4(13)14/h5-8H,4,9-14H2,1-3H3;3H,2H2,1H3,(H,13,14)(H,10,15,16). The summed E-state index contributed by atoms with van der Waals surface area (Å²) in [5.41, 5.74) is 0.0487. The fourth-order valence-electron chi connectivity index (χ4n) is 5.49. The van der Waals surface area contributed by atoms with Gasteiger partial charge in [-0.05, 0) is 18.2 Å². The van der Waals surface area contributed by atoms with Crippen molar-refractivity contribution >= 4 is 39.9 Å². The zero-order valence-electron chi connectivity index (χ0n) is 25.9. The molecule has 0 spiro atoms. The fourth-order valence-corrected chi connectivity index (χ4v) is 5.69. The minimum Gasteiger partial charge on any atom is -0.480 e. The number of rotatable bonds is 7. The SMILES string of the molecule is CCN1CCN(Cc2nc3c(c(=O)n(C)c(=O)n3C)n2Cc2ccccc2Cl)CC1.Cn1c(=O)[nH]c(=O)c2c1ncn2CC(=O)O. The number of imidazole rings is 2. The smallest absolute Gasteiger partial charge is 0.332 e. The van der Waals surface area contributed by atoms with Gasteiger partial charge >= 0.3 is 17.3 Å². The average molecular weight is 655 g/mol. The Morgan fingerprint density at radius 3 is 2.24 bits per heavy atom. The predicted molar refractivity (Wildman–Crippen MR) is 171 cm³/mol. The maximum atomic E-state index is 13.0. The van der Waals surface area contributed by atoms with E-state index in [1.165, 1.54) is 29.6 Å². The van der Waals surface area contributed by atoms with Crippen molar-refractivity contribution in [1.82, 2.24) is 47.6 Å². The number of piperazine rings is 1. The van der Waals surface area contributed by atoms with E-state index in [0.717, 1.165) is 53.2 Å². The minimum atomic E-state index is -1.09. The first kappa shape index (κ1) is 32.6. The first-order valence-corrected chi connectivity index (χ1v) is 15.0. The molecule has 1 fully saturated rings. The second kappa shape index (κ2) is 13.3. The van der Waals surface area contributed by atoms with Crippen molar-refractivity contribution in [2.75, 3.05) is 32.7 Å². The van der Waals surface area contributed by atoms with E-state index < -0.39 is 17.2 Å². The van der Waals surface area contributed by atoms with Crippen LogP contribution in [0.3, 0.4) is 0 Å². The van der Waals surface area contributed by atoms with Crippen LogP contribution in [0.4, 0.5) is 0 Å². The molecular formula is C29H35ClN10O6. The van der Waals surface area contributed by atoms with Crippen LogP contribution in [0.15, 0.2) is 49.8 Å². The zero-order chi connectivity index (χ0) is 33.3. The Kier molecular flexibility index (Phi) is 9.41. The van der Waals surface area contributed by atoms with Crippen molar-refractivity contribution in [3.8, 4) is 0 Å².